The normalized spacial score (nSPS) is 41.1. The van der Waals surface area contributed by atoms with Crippen LogP contribution in [-0.2, 0) is 0 Å². The predicted molar refractivity (Wildman–Crippen MR) is 64.0 cm³/mol. The number of piperazine rings is 1. The minimum absolute atomic E-state index is 0.663. The standard InChI is InChI=1S/C11H22N2S/c1-9-10(2)13(6-5-12-9)11-4-3-7-14-8-11/h9-12H,3-8H2,1-2H3. The van der Waals surface area contributed by atoms with E-state index in [0.29, 0.717) is 12.1 Å². The summed E-state index contributed by atoms with van der Waals surface area (Å²) >= 11 is 2.14. The minimum atomic E-state index is 0.663. The van der Waals surface area contributed by atoms with E-state index in [0.717, 1.165) is 6.04 Å². The van der Waals surface area contributed by atoms with Gasteiger partial charge in [0, 0.05) is 37.0 Å². The Kier molecular flexibility index (Phi) is 3.74. The average molecular weight is 214 g/mol. The zero-order valence-corrected chi connectivity index (χ0v) is 10.1. The van der Waals surface area contributed by atoms with Gasteiger partial charge in [0.15, 0.2) is 0 Å². The third-order valence-electron chi connectivity index (χ3n) is 3.69. The zero-order valence-electron chi connectivity index (χ0n) is 9.33. The first kappa shape index (κ1) is 10.8. The van der Waals surface area contributed by atoms with Crippen LogP contribution in [0.15, 0.2) is 0 Å². The van der Waals surface area contributed by atoms with Crippen LogP contribution in [0.2, 0.25) is 0 Å². The summed E-state index contributed by atoms with van der Waals surface area (Å²) in [6.07, 6.45) is 2.84. The number of rotatable bonds is 1. The molecule has 2 heterocycles. The molecule has 82 valence electrons. The number of hydrogen-bond acceptors (Lipinski definition) is 3. The molecule has 2 rings (SSSR count). The first-order chi connectivity index (χ1) is 6.79. The second kappa shape index (κ2) is 4.86. The third-order valence-corrected chi connectivity index (χ3v) is 4.89. The van der Waals surface area contributed by atoms with E-state index >= 15 is 0 Å². The first-order valence-corrected chi connectivity index (χ1v) is 7.01. The highest BCUT2D eigenvalue weighted by atomic mass is 32.2. The molecule has 0 saturated carbocycles. The van der Waals surface area contributed by atoms with E-state index in [1.807, 2.05) is 0 Å². The molecule has 1 N–H and O–H groups in total. The predicted octanol–water partition coefficient (Wildman–Crippen LogP) is 1.56. The average Bonchev–Trinajstić information content (AvgIpc) is 2.23. The van der Waals surface area contributed by atoms with Gasteiger partial charge in [-0.25, -0.2) is 0 Å². The van der Waals surface area contributed by atoms with Gasteiger partial charge in [-0.05, 0) is 32.4 Å². The summed E-state index contributed by atoms with van der Waals surface area (Å²) in [7, 11) is 0. The van der Waals surface area contributed by atoms with Crippen LogP contribution in [0.1, 0.15) is 26.7 Å². The highest BCUT2D eigenvalue weighted by molar-refractivity contribution is 7.99. The number of nitrogens with one attached hydrogen (secondary N) is 1. The lowest BCUT2D eigenvalue weighted by molar-refractivity contribution is 0.0930. The van der Waals surface area contributed by atoms with E-state index in [1.54, 1.807) is 0 Å². The largest absolute Gasteiger partial charge is 0.311 e. The van der Waals surface area contributed by atoms with Gasteiger partial charge in [-0.3, -0.25) is 4.90 Å². The molecule has 0 bridgehead atoms. The quantitative estimate of drug-likeness (QED) is 0.713. The van der Waals surface area contributed by atoms with Crippen LogP contribution in [-0.4, -0.2) is 47.6 Å². The first-order valence-electron chi connectivity index (χ1n) is 5.86. The van der Waals surface area contributed by atoms with Gasteiger partial charge in [-0.1, -0.05) is 0 Å². The van der Waals surface area contributed by atoms with E-state index in [1.165, 1.54) is 37.4 Å². The summed E-state index contributed by atoms with van der Waals surface area (Å²) in [6, 6.07) is 2.23. The summed E-state index contributed by atoms with van der Waals surface area (Å²) in [5, 5.41) is 3.55. The summed E-state index contributed by atoms with van der Waals surface area (Å²) in [5.74, 6) is 2.74. The van der Waals surface area contributed by atoms with Crippen molar-refractivity contribution < 1.29 is 0 Å². The molecule has 2 fully saturated rings. The molecule has 3 unspecified atom stereocenters. The number of nitrogens with zero attached hydrogens (tertiary/aromatic N) is 1. The van der Waals surface area contributed by atoms with Crippen molar-refractivity contribution in [3.63, 3.8) is 0 Å². The van der Waals surface area contributed by atoms with Crippen LogP contribution in [0.4, 0.5) is 0 Å². The maximum Gasteiger partial charge on any atom is 0.0222 e. The zero-order chi connectivity index (χ0) is 9.97. The SMILES string of the molecule is CC1NCCN(C2CCCSC2)C1C. The van der Waals surface area contributed by atoms with E-state index in [9.17, 15) is 0 Å². The second-order valence-corrected chi connectivity index (χ2v) is 5.74. The number of hydrogen-bond donors (Lipinski definition) is 1. The van der Waals surface area contributed by atoms with Crippen LogP contribution in [0.3, 0.4) is 0 Å². The number of thioether (sulfide) groups is 1. The van der Waals surface area contributed by atoms with Crippen LogP contribution in [0.25, 0.3) is 0 Å². The molecule has 0 amide bonds. The fourth-order valence-corrected chi connectivity index (χ4v) is 3.75. The van der Waals surface area contributed by atoms with Gasteiger partial charge in [-0.2, -0.15) is 11.8 Å². The molecule has 3 heteroatoms. The molecule has 3 atom stereocenters. The van der Waals surface area contributed by atoms with Gasteiger partial charge in [0.1, 0.15) is 0 Å². The molecule has 0 aromatic rings. The van der Waals surface area contributed by atoms with Crippen molar-refractivity contribution in [1.29, 1.82) is 0 Å². The van der Waals surface area contributed by atoms with Gasteiger partial charge >= 0.3 is 0 Å². The molecular formula is C11H22N2S. The smallest absolute Gasteiger partial charge is 0.0222 e. The molecule has 0 aromatic heterocycles. The summed E-state index contributed by atoms with van der Waals surface area (Å²) < 4.78 is 0. The van der Waals surface area contributed by atoms with Crippen LogP contribution < -0.4 is 5.32 Å². The van der Waals surface area contributed by atoms with Crippen LogP contribution in [0.5, 0.6) is 0 Å². The molecule has 0 aromatic carbocycles. The highest BCUT2D eigenvalue weighted by Gasteiger charge is 2.30. The second-order valence-electron chi connectivity index (χ2n) is 4.59. The fraction of sp³-hybridized carbons (Fsp3) is 1.00. The molecule has 0 aliphatic carbocycles. The monoisotopic (exact) mass is 214 g/mol. The maximum absolute atomic E-state index is 3.55. The summed E-state index contributed by atoms with van der Waals surface area (Å²) in [5.41, 5.74) is 0. The van der Waals surface area contributed by atoms with Crippen molar-refractivity contribution in [3.05, 3.63) is 0 Å². The molecular weight excluding hydrogens is 192 g/mol. The lowest BCUT2D eigenvalue weighted by atomic mass is 10.0. The Hall–Kier alpha value is 0.270. The van der Waals surface area contributed by atoms with Crippen LogP contribution in [0, 0.1) is 0 Å². The Morgan fingerprint density at radius 3 is 2.93 bits per heavy atom. The molecule has 2 aliphatic rings. The Morgan fingerprint density at radius 1 is 1.36 bits per heavy atom. The van der Waals surface area contributed by atoms with E-state index in [4.69, 9.17) is 0 Å². The highest BCUT2D eigenvalue weighted by Crippen LogP contribution is 2.24. The topological polar surface area (TPSA) is 15.3 Å². The molecule has 2 nitrogen and oxygen atoms in total. The van der Waals surface area contributed by atoms with Gasteiger partial charge in [0.25, 0.3) is 0 Å². The summed E-state index contributed by atoms with van der Waals surface area (Å²) in [4.78, 5) is 2.73. The third kappa shape index (κ3) is 2.26. The van der Waals surface area contributed by atoms with Crippen molar-refractivity contribution in [1.82, 2.24) is 10.2 Å². The lowest BCUT2D eigenvalue weighted by Crippen LogP contribution is -2.59. The van der Waals surface area contributed by atoms with Crippen molar-refractivity contribution in [2.75, 3.05) is 24.6 Å². The minimum Gasteiger partial charge on any atom is -0.311 e. The molecule has 2 saturated heterocycles. The van der Waals surface area contributed by atoms with Gasteiger partial charge in [0.2, 0.25) is 0 Å². The Labute approximate surface area is 91.8 Å². The van der Waals surface area contributed by atoms with E-state index in [-0.39, 0.29) is 0 Å². The Balaban J connectivity index is 1.93. The van der Waals surface area contributed by atoms with Gasteiger partial charge in [-0.15, -0.1) is 0 Å². The maximum atomic E-state index is 3.55. The molecule has 0 radical (unpaired) electrons. The summed E-state index contributed by atoms with van der Waals surface area (Å²) in [6.45, 7) is 7.10. The molecule has 14 heavy (non-hydrogen) atoms. The van der Waals surface area contributed by atoms with Crippen molar-refractivity contribution in [3.8, 4) is 0 Å². The van der Waals surface area contributed by atoms with Crippen molar-refractivity contribution in [2.24, 2.45) is 0 Å². The van der Waals surface area contributed by atoms with Crippen molar-refractivity contribution >= 4 is 11.8 Å². The van der Waals surface area contributed by atoms with Crippen LogP contribution >= 0.6 is 11.8 Å². The van der Waals surface area contributed by atoms with Gasteiger partial charge in [0.05, 0.1) is 0 Å². The van der Waals surface area contributed by atoms with Gasteiger partial charge < -0.3 is 5.32 Å². The fourth-order valence-electron chi connectivity index (χ4n) is 2.58. The lowest BCUT2D eigenvalue weighted by Gasteiger charge is -2.44. The Morgan fingerprint density at radius 2 is 2.21 bits per heavy atom. The van der Waals surface area contributed by atoms with E-state index in [2.05, 4.69) is 35.8 Å². The molecule has 0 spiro atoms. The molecule has 2 aliphatic heterocycles. The van der Waals surface area contributed by atoms with Crippen molar-refractivity contribution in [2.45, 2.75) is 44.8 Å². The van der Waals surface area contributed by atoms with E-state index < -0.39 is 0 Å². The Bertz CT molecular complexity index is 180.